The van der Waals surface area contributed by atoms with Crippen molar-refractivity contribution in [2.75, 3.05) is 0 Å². The van der Waals surface area contributed by atoms with E-state index in [1.807, 2.05) is 13.8 Å². The summed E-state index contributed by atoms with van der Waals surface area (Å²) in [7, 11) is 0. The third kappa shape index (κ3) is 30.2. The van der Waals surface area contributed by atoms with Crippen LogP contribution in [-0.4, -0.2) is 45.0 Å². The van der Waals surface area contributed by atoms with E-state index in [-0.39, 0.29) is 45.1 Å². The molecule has 0 unspecified atom stereocenters. The van der Waals surface area contributed by atoms with Crippen molar-refractivity contribution >= 4 is 45.0 Å². The molecule has 0 saturated heterocycles. The molecule has 0 aromatic rings. The molecule has 0 saturated carbocycles. The van der Waals surface area contributed by atoms with E-state index in [0.29, 0.717) is 25.0 Å². The Bertz CT molecular complexity index is 560. The molecule has 0 aliphatic rings. The molecule has 0 aromatic heterocycles. The fraction of sp³-hybridized carbons (Fsp3) is 0.667. The molecular weight excluding hydrogens is 535 g/mol. The maximum absolute atomic E-state index is 10.3. The predicted molar refractivity (Wildman–Crippen MR) is 120 cm³/mol. The number of carboxylic acid groups (broad SMARTS) is 4. The molecule has 9 heteroatoms. The summed E-state index contributed by atoms with van der Waals surface area (Å²) in [4.78, 5) is 40.5. The number of carbonyl (C=O) groups is 4. The Hall–Kier alpha value is -1.84. The molecule has 0 aliphatic carbocycles. The average molecular weight is 573 g/mol. The normalized spacial score (nSPS) is 10.9. The molecule has 0 amide bonds. The van der Waals surface area contributed by atoms with Crippen molar-refractivity contribution in [2.24, 2.45) is 0 Å². The second-order valence-corrected chi connectivity index (χ2v) is 11.5. The molecule has 0 spiro atoms. The number of rotatable bonds is 16. The Morgan fingerprint density at radius 1 is 0.576 bits per heavy atom. The van der Waals surface area contributed by atoms with Gasteiger partial charge in [0.2, 0.25) is 0 Å². The number of hydrogen-bond donors (Lipinski definition) is 0. The van der Waals surface area contributed by atoms with Gasteiger partial charge < -0.3 is 39.6 Å². The Morgan fingerprint density at radius 2 is 0.879 bits per heavy atom. The zero-order valence-corrected chi connectivity index (χ0v) is 23.3. The van der Waals surface area contributed by atoms with Crippen molar-refractivity contribution in [3.05, 3.63) is 23.3 Å². The molecule has 0 heterocycles. The van der Waals surface area contributed by atoms with Crippen LogP contribution in [0.1, 0.15) is 91.9 Å². The van der Waals surface area contributed by atoms with Gasteiger partial charge in [-0.05, 0) is 49.0 Å². The number of carboxylic acids is 4. The van der Waals surface area contributed by atoms with Crippen LogP contribution in [0, 0.1) is 0 Å². The van der Waals surface area contributed by atoms with E-state index in [0.717, 1.165) is 12.8 Å². The molecule has 186 valence electrons. The molecule has 0 N–H and O–H groups in total. The van der Waals surface area contributed by atoms with E-state index in [9.17, 15) is 39.6 Å². The summed E-state index contributed by atoms with van der Waals surface area (Å²) in [5.41, 5.74) is -0.422. The summed E-state index contributed by atoms with van der Waals surface area (Å²) in [6.07, 6.45) is 10.3. The minimum absolute atomic E-state index is 0.149. The second kappa shape index (κ2) is 26.4. The van der Waals surface area contributed by atoms with E-state index < -0.39 is 23.9 Å². The molecule has 0 fully saturated rings. The average Bonchev–Trinajstić information content (AvgIpc) is 2.74. The summed E-state index contributed by atoms with van der Waals surface area (Å²) in [5.74, 6) is -5.86. The van der Waals surface area contributed by atoms with E-state index >= 15 is 0 Å². The zero-order chi connectivity index (χ0) is 26.1. The van der Waals surface area contributed by atoms with Gasteiger partial charge in [-0.3, -0.25) is 0 Å². The summed E-state index contributed by atoms with van der Waals surface area (Å²) in [6, 6.07) is 0. The molecular formula is C24H38O8Sn. The van der Waals surface area contributed by atoms with Gasteiger partial charge >= 0.3 is 69.5 Å². The zero-order valence-electron chi connectivity index (χ0n) is 20.4. The summed E-state index contributed by atoms with van der Waals surface area (Å²) in [5, 5.41) is 40.5. The fourth-order valence-corrected chi connectivity index (χ4v) is 6.37. The third-order valence-electron chi connectivity index (χ3n) is 4.12. The van der Waals surface area contributed by atoms with Gasteiger partial charge in [0.25, 0.3) is 0 Å². The summed E-state index contributed by atoms with van der Waals surface area (Å²) in [6.45, 7) is 8.34. The van der Waals surface area contributed by atoms with Crippen LogP contribution in [0.5, 0.6) is 0 Å². The van der Waals surface area contributed by atoms with Gasteiger partial charge in [0.1, 0.15) is 0 Å². The van der Waals surface area contributed by atoms with Gasteiger partial charge in [-0.25, -0.2) is 0 Å². The molecule has 33 heavy (non-hydrogen) atoms. The summed E-state index contributed by atoms with van der Waals surface area (Å²) >= 11 is 0.149. The van der Waals surface area contributed by atoms with Crippen LogP contribution >= 0.6 is 0 Å². The Kier molecular flexibility index (Phi) is 28.6. The molecule has 0 rings (SSSR count). The monoisotopic (exact) mass is 574 g/mol. The van der Waals surface area contributed by atoms with E-state index in [1.165, 1.54) is 25.7 Å². The topological polar surface area (TPSA) is 161 Å². The second-order valence-electron chi connectivity index (χ2n) is 7.22. The first-order valence-corrected chi connectivity index (χ1v) is 15.6. The summed E-state index contributed by atoms with van der Waals surface area (Å²) < 4.78 is 3.25. The van der Waals surface area contributed by atoms with Crippen molar-refractivity contribution in [2.45, 2.75) is 101 Å². The van der Waals surface area contributed by atoms with Gasteiger partial charge in [-0.2, -0.15) is 0 Å². The number of carbonyl (C=O) groups excluding carboxylic acids is 4. The van der Waals surface area contributed by atoms with Crippen LogP contribution in [0.3, 0.4) is 0 Å². The first-order chi connectivity index (χ1) is 15.6. The van der Waals surface area contributed by atoms with Gasteiger partial charge in [-0.1, -0.05) is 26.7 Å². The van der Waals surface area contributed by atoms with Crippen LogP contribution < -0.4 is 20.4 Å². The van der Waals surface area contributed by atoms with E-state index in [1.54, 1.807) is 8.87 Å². The number of aliphatic carboxylic acids is 4. The van der Waals surface area contributed by atoms with Crippen molar-refractivity contribution < 1.29 is 39.6 Å². The Balaban J connectivity index is -0.000000414. The molecule has 0 aromatic carbocycles. The van der Waals surface area contributed by atoms with Gasteiger partial charge in [0.05, 0.1) is 23.9 Å². The molecule has 6 radical (unpaired) electrons. The number of hydrogen-bond acceptors (Lipinski definition) is 8. The first-order valence-electron chi connectivity index (χ1n) is 11.5. The van der Waals surface area contributed by atoms with Crippen LogP contribution in [0.4, 0.5) is 0 Å². The molecule has 0 aliphatic heterocycles. The van der Waals surface area contributed by atoms with Crippen LogP contribution in [0.2, 0.25) is 8.87 Å². The fourth-order valence-electron chi connectivity index (χ4n) is 2.21. The van der Waals surface area contributed by atoms with Crippen molar-refractivity contribution in [1.29, 1.82) is 0 Å². The molecule has 0 atom stereocenters. The number of unbranched alkanes of at least 4 members (excludes halogenated alkanes) is 4. The third-order valence-corrected chi connectivity index (χ3v) is 8.16. The molecule has 0 bridgehead atoms. The quantitative estimate of drug-likeness (QED) is 0.145. The van der Waals surface area contributed by atoms with Crippen LogP contribution in [0.15, 0.2) is 23.3 Å². The van der Waals surface area contributed by atoms with Crippen molar-refractivity contribution in [1.82, 2.24) is 0 Å². The SMILES string of the molecule is CCCC/C(=C/C(=O)[O-])C(=O)[O-].CCCC/C(=C/C(=O)[O-])C(=O)[O-].CCC[CH2][Sn+4][CH2]CCC. The predicted octanol–water partition coefficient (Wildman–Crippen LogP) is 0.333. The Morgan fingerprint density at radius 3 is 1.09 bits per heavy atom. The Labute approximate surface area is 208 Å². The van der Waals surface area contributed by atoms with Crippen molar-refractivity contribution in [3.8, 4) is 0 Å². The van der Waals surface area contributed by atoms with Crippen LogP contribution in [0.25, 0.3) is 0 Å². The van der Waals surface area contributed by atoms with Gasteiger partial charge in [-0.15, -0.1) is 0 Å². The van der Waals surface area contributed by atoms with Gasteiger partial charge in [0, 0.05) is 0 Å². The van der Waals surface area contributed by atoms with Crippen molar-refractivity contribution in [3.63, 3.8) is 0 Å². The van der Waals surface area contributed by atoms with Crippen LogP contribution in [-0.2, 0) is 19.2 Å². The maximum atomic E-state index is 10.3. The standard InChI is InChI=1S/2C8H12O4.2C4H9.Sn/c2*1-2-3-4-6(8(11)12)5-7(9)10;2*1-3-4-2;/h2*5H,2-4H2,1H3,(H,9,10)(H,11,12);2*1,3-4H2,2H3;/q;;;;+4/p-4/b2*6-5-;;;. The van der Waals surface area contributed by atoms with E-state index in [4.69, 9.17) is 0 Å². The minimum atomic E-state index is -1.50. The van der Waals surface area contributed by atoms with Gasteiger partial charge in [0.15, 0.2) is 0 Å². The first kappa shape index (κ1) is 35.7. The molecule has 8 nitrogen and oxygen atoms in total. The van der Waals surface area contributed by atoms with E-state index in [2.05, 4.69) is 13.8 Å².